The molecule has 0 spiro atoms. The van der Waals surface area contributed by atoms with Gasteiger partial charge in [0.15, 0.2) is 0 Å². The lowest BCUT2D eigenvalue weighted by atomic mass is 10.1. The van der Waals surface area contributed by atoms with E-state index in [0.29, 0.717) is 13.0 Å². The number of carbonyl (C=O) groups excluding carboxylic acids is 1. The summed E-state index contributed by atoms with van der Waals surface area (Å²) in [6.45, 7) is 1.95. The highest BCUT2D eigenvalue weighted by molar-refractivity contribution is 5.87. The fraction of sp³-hybridized carbons (Fsp3) is 0.417. The van der Waals surface area contributed by atoms with E-state index in [1.54, 1.807) is 6.92 Å². The van der Waals surface area contributed by atoms with Crippen LogP contribution in [0.4, 0.5) is 5.69 Å². The average molecular weight is 220 g/mol. The molecule has 4 heteroatoms. The monoisotopic (exact) mass is 220 g/mol. The fourth-order valence-corrected chi connectivity index (χ4v) is 1.83. The maximum Gasteiger partial charge on any atom is 0.242 e. The average Bonchev–Trinajstić information content (AvgIpc) is 2.69. The molecular formula is C12H16N2O2. The van der Waals surface area contributed by atoms with Crippen LogP contribution in [0.3, 0.4) is 0 Å². The minimum Gasteiger partial charge on any atom is -0.392 e. The highest BCUT2D eigenvalue weighted by atomic mass is 16.3. The van der Waals surface area contributed by atoms with Crippen molar-refractivity contribution in [2.75, 3.05) is 11.9 Å². The predicted octanol–water partition coefficient (Wildman–Crippen LogP) is 0.520. The summed E-state index contributed by atoms with van der Waals surface area (Å²) in [5, 5.41) is 15.0. The van der Waals surface area contributed by atoms with Crippen LogP contribution < -0.4 is 10.6 Å². The number of hydrogen-bond acceptors (Lipinski definition) is 3. The molecule has 1 aromatic rings. The van der Waals surface area contributed by atoms with Crippen molar-refractivity contribution in [2.24, 2.45) is 0 Å². The van der Waals surface area contributed by atoms with Gasteiger partial charge in [-0.1, -0.05) is 18.2 Å². The third-order valence-electron chi connectivity index (χ3n) is 2.66. The van der Waals surface area contributed by atoms with Crippen molar-refractivity contribution in [1.82, 2.24) is 5.32 Å². The van der Waals surface area contributed by atoms with E-state index in [1.807, 2.05) is 24.3 Å². The predicted molar refractivity (Wildman–Crippen MR) is 62.2 cm³/mol. The van der Waals surface area contributed by atoms with Gasteiger partial charge in [-0.15, -0.1) is 0 Å². The van der Waals surface area contributed by atoms with E-state index in [4.69, 9.17) is 5.11 Å². The van der Waals surface area contributed by atoms with E-state index < -0.39 is 6.10 Å². The lowest BCUT2D eigenvalue weighted by molar-refractivity contribution is -0.122. The standard InChI is InChI=1S/C12H16N2O2/c1-8(15)7-13-12(16)11-6-9-4-2-3-5-10(9)14-11/h2-5,8,11,14-15H,6-7H2,1H3,(H,13,16)/t8?,11-/m0/s1. The number of rotatable bonds is 3. The topological polar surface area (TPSA) is 61.4 Å². The van der Waals surface area contributed by atoms with Gasteiger partial charge < -0.3 is 15.7 Å². The molecule has 1 aromatic carbocycles. The van der Waals surface area contributed by atoms with Gasteiger partial charge in [-0.3, -0.25) is 4.79 Å². The van der Waals surface area contributed by atoms with Crippen LogP contribution in [-0.2, 0) is 11.2 Å². The van der Waals surface area contributed by atoms with Gasteiger partial charge >= 0.3 is 0 Å². The van der Waals surface area contributed by atoms with Gasteiger partial charge in [0, 0.05) is 18.7 Å². The van der Waals surface area contributed by atoms with E-state index in [2.05, 4.69) is 10.6 Å². The molecule has 1 amide bonds. The molecule has 1 heterocycles. The Labute approximate surface area is 94.7 Å². The first-order valence-electron chi connectivity index (χ1n) is 5.47. The third-order valence-corrected chi connectivity index (χ3v) is 2.66. The zero-order valence-corrected chi connectivity index (χ0v) is 9.23. The molecule has 0 saturated carbocycles. The SMILES string of the molecule is CC(O)CNC(=O)[C@@H]1Cc2ccccc2N1. The molecule has 0 saturated heterocycles. The van der Waals surface area contributed by atoms with E-state index in [-0.39, 0.29) is 11.9 Å². The van der Waals surface area contributed by atoms with Gasteiger partial charge in [-0.2, -0.15) is 0 Å². The smallest absolute Gasteiger partial charge is 0.242 e. The minimum atomic E-state index is -0.507. The first-order chi connectivity index (χ1) is 7.66. The lowest BCUT2D eigenvalue weighted by Crippen LogP contribution is -2.41. The van der Waals surface area contributed by atoms with Gasteiger partial charge in [0.05, 0.1) is 6.10 Å². The van der Waals surface area contributed by atoms with Crippen LogP contribution >= 0.6 is 0 Å². The van der Waals surface area contributed by atoms with Gasteiger partial charge in [-0.25, -0.2) is 0 Å². The molecule has 1 aliphatic heterocycles. The van der Waals surface area contributed by atoms with Crippen molar-refractivity contribution in [3.63, 3.8) is 0 Å². The van der Waals surface area contributed by atoms with Crippen molar-refractivity contribution in [2.45, 2.75) is 25.5 Å². The second-order valence-electron chi connectivity index (χ2n) is 4.15. The summed E-state index contributed by atoms with van der Waals surface area (Å²) in [5.74, 6) is -0.0582. The Morgan fingerprint density at radius 1 is 1.62 bits per heavy atom. The van der Waals surface area contributed by atoms with Crippen LogP contribution in [0.15, 0.2) is 24.3 Å². The summed E-state index contributed by atoms with van der Waals surface area (Å²) in [6, 6.07) is 7.69. The van der Waals surface area contributed by atoms with Gasteiger partial charge in [0.25, 0.3) is 0 Å². The first kappa shape index (κ1) is 11.0. The summed E-state index contributed by atoms with van der Waals surface area (Å²) < 4.78 is 0. The summed E-state index contributed by atoms with van der Waals surface area (Å²) in [6.07, 6.45) is 0.203. The Hall–Kier alpha value is -1.55. The zero-order chi connectivity index (χ0) is 11.5. The van der Waals surface area contributed by atoms with Crippen LogP contribution in [0.5, 0.6) is 0 Å². The summed E-state index contributed by atoms with van der Waals surface area (Å²) >= 11 is 0. The number of fused-ring (bicyclic) bond motifs is 1. The maximum atomic E-state index is 11.7. The normalized spacial score (nSPS) is 19.8. The molecule has 1 unspecified atom stereocenters. The number of amides is 1. The van der Waals surface area contributed by atoms with Gasteiger partial charge in [0.2, 0.25) is 5.91 Å². The second kappa shape index (κ2) is 4.53. The zero-order valence-electron chi connectivity index (χ0n) is 9.23. The summed E-state index contributed by atoms with van der Waals surface area (Å²) in [4.78, 5) is 11.7. The number of anilines is 1. The Balaban J connectivity index is 1.93. The molecule has 2 atom stereocenters. The summed E-state index contributed by atoms with van der Waals surface area (Å²) in [7, 11) is 0. The number of aliphatic hydroxyl groups is 1. The molecule has 4 nitrogen and oxygen atoms in total. The van der Waals surface area contributed by atoms with Gasteiger partial charge in [-0.05, 0) is 18.6 Å². The van der Waals surface area contributed by atoms with E-state index >= 15 is 0 Å². The number of para-hydroxylation sites is 1. The molecule has 0 radical (unpaired) electrons. The Morgan fingerprint density at radius 3 is 3.06 bits per heavy atom. The Morgan fingerprint density at radius 2 is 2.38 bits per heavy atom. The number of hydrogen-bond donors (Lipinski definition) is 3. The quantitative estimate of drug-likeness (QED) is 0.696. The second-order valence-corrected chi connectivity index (χ2v) is 4.15. The van der Waals surface area contributed by atoms with Crippen molar-refractivity contribution < 1.29 is 9.90 Å². The maximum absolute atomic E-state index is 11.7. The Bertz CT molecular complexity index is 365. The van der Waals surface area contributed by atoms with Crippen LogP contribution in [0.1, 0.15) is 12.5 Å². The number of aliphatic hydroxyl groups excluding tert-OH is 1. The molecule has 0 aromatic heterocycles. The fourth-order valence-electron chi connectivity index (χ4n) is 1.83. The van der Waals surface area contributed by atoms with Crippen molar-refractivity contribution in [3.8, 4) is 0 Å². The van der Waals surface area contributed by atoms with Crippen LogP contribution in [-0.4, -0.2) is 29.7 Å². The van der Waals surface area contributed by atoms with Crippen LogP contribution in [0.25, 0.3) is 0 Å². The minimum absolute atomic E-state index is 0.0582. The molecule has 3 N–H and O–H groups in total. The molecule has 0 bridgehead atoms. The summed E-state index contributed by atoms with van der Waals surface area (Å²) in [5.41, 5.74) is 2.19. The largest absolute Gasteiger partial charge is 0.392 e. The molecule has 1 aliphatic rings. The molecule has 86 valence electrons. The molecule has 0 aliphatic carbocycles. The van der Waals surface area contributed by atoms with E-state index in [9.17, 15) is 4.79 Å². The number of nitrogens with one attached hydrogen (secondary N) is 2. The third kappa shape index (κ3) is 2.33. The van der Waals surface area contributed by atoms with E-state index in [1.165, 1.54) is 5.56 Å². The first-order valence-corrected chi connectivity index (χ1v) is 5.47. The number of carbonyl (C=O) groups is 1. The van der Waals surface area contributed by atoms with Crippen molar-refractivity contribution in [1.29, 1.82) is 0 Å². The molecule has 0 fully saturated rings. The van der Waals surface area contributed by atoms with Crippen molar-refractivity contribution in [3.05, 3.63) is 29.8 Å². The molecular weight excluding hydrogens is 204 g/mol. The number of benzene rings is 1. The highest BCUT2D eigenvalue weighted by Crippen LogP contribution is 2.24. The highest BCUT2D eigenvalue weighted by Gasteiger charge is 2.25. The molecule has 16 heavy (non-hydrogen) atoms. The molecule has 2 rings (SSSR count). The van der Waals surface area contributed by atoms with Crippen LogP contribution in [0, 0.1) is 0 Å². The van der Waals surface area contributed by atoms with Gasteiger partial charge in [0.1, 0.15) is 6.04 Å². The lowest BCUT2D eigenvalue weighted by Gasteiger charge is -2.12. The van der Waals surface area contributed by atoms with E-state index in [0.717, 1.165) is 5.69 Å². The Kier molecular flexibility index (Phi) is 3.10. The van der Waals surface area contributed by atoms with Crippen LogP contribution in [0.2, 0.25) is 0 Å². The van der Waals surface area contributed by atoms with Crippen molar-refractivity contribution >= 4 is 11.6 Å².